The number of ether oxygens (including phenoxy) is 3. The summed E-state index contributed by atoms with van der Waals surface area (Å²) in [5.74, 6) is 0.457. The molecule has 4 rings (SSSR count). The first-order valence-corrected chi connectivity index (χ1v) is 11.4. The molecule has 184 valence electrons. The van der Waals surface area contributed by atoms with Crippen molar-refractivity contribution in [3.05, 3.63) is 35.7 Å². The van der Waals surface area contributed by atoms with Crippen LogP contribution in [0, 0.1) is 6.92 Å². The highest BCUT2D eigenvalue weighted by Gasteiger charge is 2.17. The highest BCUT2D eigenvalue weighted by molar-refractivity contribution is 6.11. The molecule has 0 aliphatic rings. The Kier molecular flexibility index (Phi) is 7.68. The predicted molar refractivity (Wildman–Crippen MR) is 129 cm³/mol. The van der Waals surface area contributed by atoms with Gasteiger partial charge in [-0.3, -0.25) is 9.48 Å². The molecule has 11 nitrogen and oxygen atoms in total. The Morgan fingerprint density at radius 1 is 1.11 bits per heavy atom. The van der Waals surface area contributed by atoms with Crippen molar-refractivity contribution >= 4 is 34.1 Å². The number of benzene rings is 1. The molecule has 0 spiro atoms. The Hall–Kier alpha value is -3.83. The number of nitrogens with two attached hydrogens (primary N) is 1. The second-order valence-electron chi connectivity index (χ2n) is 7.86. The fourth-order valence-electron chi connectivity index (χ4n) is 3.76. The number of hydrogen-bond donors (Lipinski definition) is 2. The lowest BCUT2D eigenvalue weighted by Gasteiger charge is -2.10. The largest absolute Gasteiger partial charge is 0.489 e. The first-order valence-electron chi connectivity index (χ1n) is 11.4. The lowest BCUT2D eigenvalue weighted by molar-refractivity contribution is -0.108. The van der Waals surface area contributed by atoms with Gasteiger partial charge in [-0.05, 0) is 32.0 Å². The number of aromatic amines is 1. The molecule has 0 aliphatic carbocycles. The number of nitrogens with zero attached hydrogens (tertiary/aromatic N) is 4. The summed E-state index contributed by atoms with van der Waals surface area (Å²) in [6, 6.07) is 5.26. The van der Waals surface area contributed by atoms with Crippen molar-refractivity contribution in [2.24, 2.45) is 5.73 Å². The molecule has 1 aromatic carbocycles. The van der Waals surface area contributed by atoms with E-state index in [1.165, 1.54) is 0 Å². The van der Waals surface area contributed by atoms with E-state index in [2.05, 4.69) is 15.1 Å². The molecule has 4 aromatic rings. The van der Waals surface area contributed by atoms with Crippen molar-refractivity contribution < 1.29 is 23.8 Å². The van der Waals surface area contributed by atoms with Crippen molar-refractivity contribution in [2.75, 3.05) is 33.0 Å². The fraction of sp³-hybridized carbons (Fsp3) is 0.375. The summed E-state index contributed by atoms with van der Waals surface area (Å²) in [4.78, 5) is 34.8. The molecule has 0 fully saturated rings. The standard InChI is InChI=1S/C24H28N6O5/c1-3-30-19(11-15(2)29-30)24-26-14-18-17-12-16(22(25)32)13-20(21(17)27-23(18)28-24)35-10-9-34-8-7-33-6-4-5-31/h5,11-14H,3-4,6-10H2,1-2H3,(H2,25,32)(H,26,27,28). The van der Waals surface area contributed by atoms with E-state index in [1.54, 1.807) is 18.3 Å². The average Bonchev–Trinajstić information content (AvgIpc) is 3.42. The van der Waals surface area contributed by atoms with Crippen molar-refractivity contribution in [1.29, 1.82) is 0 Å². The predicted octanol–water partition coefficient (Wildman–Crippen LogP) is 2.40. The number of aromatic nitrogens is 5. The van der Waals surface area contributed by atoms with E-state index < -0.39 is 5.91 Å². The van der Waals surface area contributed by atoms with E-state index in [4.69, 9.17) is 24.9 Å². The van der Waals surface area contributed by atoms with Crippen LogP contribution in [0.15, 0.2) is 24.4 Å². The minimum atomic E-state index is -0.560. The molecular formula is C24H28N6O5. The summed E-state index contributed by atoms with van der Waals surface area (Å²) < 4.78 is 18.5. The zero-order chi connectivity index (χ0) is 24.8. The van der Waals surface area contributed by atoms with Gasteiger partial charge in [-0.15, -0.1) is 0 Å². The molecule has 3 heterocycles. The smallest absolute Gasteiger partial charge is 0.248 e. The van der Waals surface area contributed by atoms with Crippen LogP contribution < -0.4 is 10.5 Å². The molecule has 0 aliphatic heterocycles. The molecule has 1 amide bonds. The van der Waals surface area contributed by atoms with E-state index in [0.29, 0.717) is 67.7 Å². The second-order valence-corrected chi connectivity index (χ2v) is 7.86. The molecular weight excluding hydrogens is 452 g/mol. The maximum Gasteiger partial charge on any atom is 0.248 e. The lowest BCUT2D eigenvalue weighted by Crippen LogP contribution is -2.13. The SMILES string of the molecule is CCn1nc(C)cc1-c1ncc2c(n1)[nH]c1c(OCCOCCOCCC=O)cc(C(N)=O)cc12. The van der Waals surface area contributed by atoms with Crippen LogP contribution in [0.4, 0.5) is 0 Å². The van der Waals surface area contributed by atoms with Crippen LogP contribution in [0.3, 0.4) is 0 Å². The molecule has 3 aromatic heterocycles. The van der Waals surface area contributed by atoms with Gasteiger partial charge in [0.25, 0.3) is 0 Å². The fourth-order valence-corrected chi connectivity index (χ4v) is 3.76. The van der Waals surface area contributed by atoms with Crippen LogP contribution in [0.2, 0.25) is 0 Å². The summed E-state index contributed by atoms with van der Waals surface area (Å²) in [5, 5.41) is 5.96. The maximum absolute atomic E-state index is 11.9. The van der Waals surface area contributed by atoms with Crippen molar-refractivity contribution in [1.82, 2.24) is 24.7 Å². The third-order valence-electron chi connectivity index (χ3n) is 5.38. The summed E-state index contributed by atoms with van der Waals surface area (Å²) in [7, 11) is 0. The Balaban J connectivity index is 1.56. The highest BCUT2D eigenvalue weighted by Crippen LogP contribution is 2.33. The number of fused-ring (bicyclic) bond motifs is 3. The Labute approximate surface area is 201 Å². The van der Waals surface area contributed by atoms with Gasteiger partial charge in [0.1, 0.15) is 30.0 Å². The normalized spacial score (nSPS) is 11.4. The number of hydrogen-bond acceptors (Lipinski definition) is 8. The van der Waals surface area contributed by atoms with Gasteiger partial charge in [-0.2, -0.15) is 5.10 Å². The van der Waals surface area contributed by atoms with E-state index in [1.807, 2.05) is 24.6 Å². The summed E-state index contributed by atoms with van der Waals surface area (Å²) >= 11 is 0. The van der Waals surface area contributed by atoms with Crippen LogP contribution in [0.1, 0.15) is 29.4 Å². The first kappa shape index (κ1) is 24.3. The van der Waals surface area contributed by atoms with Crippen LogP contribution in [0.25, 0.3) is 33.5 Å². The van der Waals surface area contributed by atoms with Gasteiger partial charge >= 0.3 is 0 Å². The van der Waals surface area contributed by atoms with Gasteiger partial charge in [0.15, 0.2) is 5.82 Å². The van der Waals surface area contributed by atoms with Gasteiger partial charge in [-0.1, -0.05) is 0 Å². The molecule has 0 bridgehead atoms. The van der Waals surface area contributed by atoms with E-state index in [9.17, 15) is 9.59 Å². The number of carbonyl (C=O) groups excluding carboxylic acids is 2. The first-order chi connectivity index (χ1) is 17.0. The Morgan fingerprint density at radius 2 is 1.89 bits per heavy atom. The van der Waals surface area contributed by atoms with E-state index in [0.717, 1.165) is 28.4 Å². The van der Waals surface area contributed by atoms with Gasteiger partial charge in [0, 0.05) is 35.5 Å². The number of amides is 1. The van der Waals surface area contributed by atoms with Gasteiger partial charge in [0.2, 0.25) is 5.91 Å². The topological polar surface area (TPSA) is 147 Å². The molecule has 0 radical (unpaired) electrons. The second kappa shape index (κ2) is 11.1. The highest BCUT2D eigenvalue weighted by atomic mass is 16.5. The van der Waals surface area contributed by atoms with E-state index in [-0.39, 0.29) is 6.61 Å². The van der Waals surface area contributed by atoms with Crippen LogP contribution in [0.5, 0.6) is 5.75 Å². The molecule has 11 heteroatoms. The number of rotatable bonds is 13. The van der Waals surface area contributed by atoms with Crippen molar-refractivity contribution in [2.45, 2.75) is 26.8 Å². The third-order valence-corrected chi connectivity index (χ3v) is 5.38. The molecule has 35 heavy (non-hydrogen) atoms. The van der Waals surface area contributed by atoms with Crippen LogP contribution in [-0.4, -0.2) is 70.0 Å². The van der Waals surface area contributed by atoms with E-state index >= 15 is 0 Å². The number of H-pyrrole nitrogens is 1. The average molecular weight is 481 g/mol. The lowest BCUT2D eigenvalue weighted by atomic mass is 10.1. The van der Waals surface area contributed by atoms with Gasteiger partial charge < -0.3 is 29.7 Å². The van der Waals surface area contributed by atoms with Crippen LogP contribution >= 0.6 is 0 Å². The summed E-state index contributed by atoms with van der Waals surface area (Å²) in [5.41, 5.74) is 8.90. The number of nitrogens with one attached hydrogen (secondary N) is 1. The summed E-state index contributed by atoms with van der Waals surface area (Å²) in [6.07, 6.45) is 2.90. The van der Waals surface area contributed by atoms with Crippen molar-refractivity contribution in [3.8, 4) is 17.3 Å². The van der Waals surface area contributed by atoms with Crippen molar-refractivity contribution in [3.63, 3.8) is 0 Å². The number of carbonyl (C=O) groups is 2. The number of aldehydes is 1. The number of aryl methyl sites for hydroxylation is 2. The third kappa shape index (κ3) is 5.47. The van der Waals surface area contributed by atoms with Gasteiger partial charge in [0.05, 0.1) is 37.6 Å². The molecule has 0 atom stereocenters. The molecule has 0 saturated carbocycles. The molecule has 0 unspecified atom stereocenters. The monoisotopic (exact) mass is 480 g/mol. The van der Waals surface area contributed by atoms with Gasteiger partial charge in [-0.25, -0.2) is 9.97 Å². The Morgan fingerprint density at radius 3 is 2.63 bits per heavy atom. The summed E-state index contributed by atoms with van der Waals surface area (Å²) in [6.45, 7) is 6.38. The maximum atomic E-state index is 11.9. The Bertz CT molecular complexity index is 1350. The zero-order valence-corrected chi connectivity index (χ0v) is 19.7. The minimum absolute atomic E-state index is 0.257. The number of primary amides is 1. The quantitative estimate of drug-likeness (QED) is 0.219. The molecule has 0 saturated heterocycles. The minimum Gasteiger partial charge on any atom is -0.489 e. The zero-order valence-electron chi connectivity index (χ0n) is 19.7. The molecule has 3 N–H and O–H groups in total. The van der Waals surface area contributed by atoms with Crippen LogP contribution in [-0.2, 0) is 20.8 Å².